The minimum Gasteiger partial charge on any atom is -0.397 e. The predicted octanol–water partition coefficient (Wildman–Crippen LogP) is 2.95. The second-order valence-corrected chi connectivity index (χ2v) is 4.92. The maximum Gasteiger partial charge on any atom is 0.157 e. The lowest BCUT2D eigenvalue weighted by Crippen LogP contribution is -2.29. The fraction of sp³-hybridized carbons (Fsp3) is 0.0556. The summed E-state index contributed by atoms with van der Waals surface area (Å²) in [6, 6.07) is 22.5. The van der Waals surface area contributed by atoms with Crippen molar-refractivity contribution in [2.24, 2.45) is 0 Å². The molecule has 2 aromatic carbocycles. The summed E-state index contributed by atoms with van der Waals surface area (Å²) in [5, 5.41) is 11.4. The number of hydrogen-bond donors (Lipinski definition) is 2. The number of benzene rings is 2. The second-order valence-electron chi connectivity index (χ2n) is 4.92. The third-order valence-electron chi connectivity index (χ3n) is 3.54. The van der Waals surface area contributed by atoms with Gasteiger partial charge in [-0.15, -0.1) is 0 Å². The Labute approximate surface area is 123 Å². The third kappa shape index (κ3) is 2.39. The van der Waals surface area contributed by atoms with Gasteiger partial charge in [-0.05, 0) is 23.3 Å². The van der Waals surface area contributed by atoms with Crippen molar-refractivity contribution in [1.29, 1.82) is 0 Å². The molecule has 0 fully saturated rings. The summed E-state index contributed by atoms with van der Waals surface area (Å²) in [6.07, 6.45) is 1.56. The van der Waals surface area contributed by atoms with Gasteiger partial charge < -0.3 is 10.8 Å². The number of aliphatic hydroxyl groups is 1. The molecule has 0 bridgehead atoms. The molecule has 0 aliphatic carbocycles. The van der Waals surface area contributed by atoms with Crippen molar-refractivity contribution in [2.45, 2.75) is 5.60 Å². The van der Waals surface area contributed by atoms with E-state index in [1.54, 1.807) is 18.3 Å². The molecule has 0 spiro atoms. The average molecular weight is 276 g/mol. The molecule has 3 aromatic rings. The number of nitrogen functional groups attached to an aromatic ring is 1. The number of aromatic nitrogens is 1. The van der Waals surface area contributed by atoms with Gasteiger partial charge in [0.25, 0.3) is 0 Å². The third-order valence-corrected chi connectivity index (χ3v) is 3.54. The van der Waals surface area contributed by atoms with Gasteiger partial charge in [-0.3, -0.25) is 4.98 Å². The SMILES string of the molecule is Nc1ccc(C(O)(c2ccccc2)c2ccccc2)nc1. The minimum absolute atomic E-state index is 0.550. The fourth-order valence-corrected chi connectivity index (χ4v) is 2.44. The lowest BCUT2D eigenvalue weighted by atomic mass is 9.83. The highest BCUT2D eigenvalue weighted by Gasteiger charge is 2.34. The van der Waals surface area contributed by atoms with Crippen molar-refractivity contribution in [2.75, 3.05) is 5.73 Å². The van der Waals surface area contributed by atoms with E-state index in [0.717, 1.165) is 11.1 Å². The number of anilines is 1. The van der Waals surface area contributed by atoms with Crippen LogP contribution in [0.1, 0.15) is 16.8 Å². The van der Waals surface area contributed by atoms with E-state index in [4.69, 9.17) is 5.73 Å². The Bertz CT molecular complexity index is 670. The maximum atomic E-state index is 11.4. The zero-order valence-electron chi connectivity index (χ0n) is 11.5. The Morgan fingerprint density at radius 2 is 1.29 bits per heavy atom. The van der Waals surface area contributed by atoms with Gasteiger partial charge in [0, 0.05) is 0 Å². The summed E-state index contributed by atoms with van der Waals surface area (Å²) in [5.74, 6) is 0. The Balaban J connectivity index is 2.23. The van der Waals surface area contributed by atoms with E-state index in [9.17, 15) is 5.11 Å². The van der Waals surface area contributed by atoms with E-state index in [2.05, 4.69) is 4.98 Å². The molecule has 21 heavy (non-hydrogen) atoms. The van der Waals surface area contributed by atoms with Gasteiger partial charge in [0.15, 0.2) is 5.60 Å². The first-order valence-corrected chi connectivity index (χ1v) is 6.76. The van der Waals surface area contributed by atoms with Crippen LogP contribution in [0.5, 0.6) is 0 Å². The first-order chi connectivity index (χ1) is 10.2. The van der Waals surface area contributed by atoms with Gasteiger partial charge >= 0.3 is 0 Å². The number of hydrogen-bond acceptors (Lipinski definition) is 3. The number of rotatable bonds is 3. The lowest BCUT2D eigenvalue weighted by Gasteiger charge is -2.29. The molecule has 1 aromatic heterocycles. The van der Waals surface area contributed by atoms with Crippen molar-refractivity contribution in [3.8, 4) is 0 Å². The van der Waals surface area contributed by atoms with E-state index in [1.165, 1.54) is 0 Å². The van der Waals surface area contributed by atoms with Crippen LogP contribution in [-0.2, 0) is 5.60 Å². The van der Waals surface area contributed by atoms with Crippen molar-refractivity contribution in [3.63, 3.8) is 0 Å². The monoisotopic (exact) mass is 276 g/mol. The summed E-state index contributed by atoms with van der Waals surface area (Å²) in [6.45, 7) is 0. The summed E-state index contributed by atoms with van der Waals surface area (Å²) in [7, 11) is 0. The van der Waals surface area contributed by atoms with Gasteiger partial charge in [-0.2, -0.15) is 0 Å². The Morgan fingerprint density at radius 1 is 0.762 bits per heavy atom. The summed E-state index contributed by atoms with van der Waals surface area (Å²) in [5.41, 5.74) is 7.07. The molecule has 0 radical (unpaired) electrons. The minimum atomic E-state index is -1.30. The molecular weight excluding hydrogens is 260 g/mol. The number of pyridine rings is 1. The largest absolute Gasteiger partial charge is 0.397 e. The van der Waals surface area contributed by atoms with Crippen LogP contribution in [0.15, 0.2) is 79.0 Å². The zero-order chi connectivity index (χ0) is 14.7. The highest BCUT2D eigenvalue weighted by atomic mass is 16.3. The molecule has 3 heteroatoms. The van der Waals surface area contributed by atoms with E-state index in [-0.39, 0.29) is 0 Å². The Hall–Kier alpha value is -2.65. The number of nitrogens with zero attached hydrogens (tertiary/aromatic N) is 1. The van der Waals surface area contributed by atoms with Gasteiger partial charge in [0.2, 0.25) is 0 Å². The van der Waals surface area contributed by atoms with E-state index in [0.29, 0.717) is 11.4 Å². The van der Waals surface area contributed by atoms with Gasteiger partial charge in [0.05, 0.1) is 17.6 Å². The van der Waals surface area contributed by atoms with E-state index in [1.807, 2.05) is 60.7 Å². The lowest BCUT2D eigenvalue weighted by molar-refractivity contribution is 0.121. The van der Waals surface area contributed by atoms with Gasteiger partial charge in [0.1, 0.15) is 0 Å². The van der Waals surface area contributed by atoms with Gasteiger partial charge in [-0.25, -0.2) is 0 Å². The van der Waals surface area contributed by atoms with Crippen LogP contribution in [0.25, 0.3) is 0 Å². The van der Waals surface area contributed by atoms with Crippen LogP contribution >= 0.6 is 0 Å². The summed E-state index contributed by atoms with van der Waals surface area (Å²) in [4.78, 5) is 4.33. The molecular formula is C18H16N2O. The zero-order valence-corrected chi connectivity index (χ0v) is 11.5. The van der Waals surface area contributed by atoms with Crippen LogP contribution in [0.3, 0.4) is 0 Å². The molecule has 1 heterocycles. The fourth-order valence-electron chi connectivity index (χ4n) is 2.44. The quantitative estimate of drug-likeness (QED) is 0.773. The highest BCUT2D eigenvalue weighted by Crippen LogP contribution is 2.35. The van der Waals surface area contributed by atoms with Crippen LogP contribution < -0.4 is 5.73 Å². The van der Waals surface area contributed by atoms with Gasteiger partial charge in [-0.1, -0.05) is 60.7 Å². The molecule has 0 aliphatic heterocycles. The van der Waals surface area contributed by atoms with Crippen molar-refractivity contribution < 1.29 is 5.11 Å². The molecule has 0 saturated carbocycles. The molecule has 0 atom stereocenters. The van der Waals surface area contributed by atoms with Crippen molar-refractivity contribution >= 4 is 5.69 Å². The highest BCUT2D eigenvalue weighted by molar-refractivity contribution is 5.46. The van der Waals surface area contributed by atoms with E-state index < -0.39 is 5.60 Å². The molecule has 0 aliphatic rings. The van der Waals surface area contributed by atoms with Crippen LogP contribution in [-0.4, -0.2) is 10.1 Å². The van der Waals surface area contributed by atoms with Crippen molar-refractivity contribution in [3.05, 3.63) is 95.8 Å². The first kappa shape index (κ1) is 13.3. The molecule has 0 saturated heterocycles. The first-order valence-electron chi connectivity index (χ1n) is 6.76. The van der Waals surface area contributed by atoms with Crippen LogP contribution in [0.2, 0.25) is 0 Å². The second kappa shape index (κ2) is 5.38. The average Bonchev–Trinajstić information content (AvgIpc) is 2.56. The molecule has 0 amide bonds. The van der Waals surface area contributed by atoms with Crippen molar-refractivity contribution in [1.82, 2.24) is 4.98 Å². The Kier molecular flexibility index (Phi) is 3.42. The smallest absolute Gasteiger partial charge is 0.157 e. The molecule has 104 valence electrons. The standard InChI is InChI=1S/C18H16N2O/c19-16-11-12-17(20-13-16)18(21,14-7-3-1-4-8-14)15-9-5-2-6-10-15/h1-13,21H,19H2. The van der Waals surface area contributed by atoms with Crippen LogP contribution in [0, 0.1) is 0 Å². The molecule has 3 N–H and O–H groups in total. The van der Waals surface area contributed by atoms with Crippen LogP contribution in [0.4, 0.5) is 5.69 Å². The normalized spacial score (nSPS) is 11.3. The summed E-state index contributed by atoms with van der Waals surface area (Å²) >= 11 is 0. The maximum absolute atomic E-state index is 11.4. The summed E-state index contributed by atoms with van der Waals surface area (Å²) < 4.78 is 0. The molecule has 0 unspecified atom stereocenters. The molecule has 3 nitrogen and oxygen atoms in total. The molecule has 3 rings (SSSR count). The number of nitrogens with two attached hydrogens (primary N) is 1. The Morgan fingerprint density at radius 3 is 1.71 bits per heavy atom. The van der Waals surface area contributed by atoms with E-state index >= 15 is 0 Å². The topological polar surface area (TPSA) is 59.1 Å². The predicted molar refractivity (Wildman–Crippen MR) is 83.6 cm³/mol.